The minimum atomic E-state index is -0.953. The molecule has 1 aliphatic carbocycles. The van der Waals surface area contributed by atoms with Crippen molar-refractivity contribution in [3.63, 3.8) is 0 Å². The highest BCUT2D eigenvalue weighted by molar-refractivity contribution is 7.13. The summed E-state index contributed by atoms with van der Waals surface area (Å²) in [6, 6.07) is 0. The van der Waals surface area contributed by atoms with Crippen molar-refractivity contribution in [1.29, 1.82) is 0 Å². The van der Waals surface area contributed by atoms with Gasteiger partial charge in [0.2, 0.25) is 0 Å². The number of aryl methyl sites for hydroxylation is 1. The lowest BCUT2D eigenvalue weighted by atomic mass is 9.80. The van der Waals surface area contributed by atoms with E-state index >= 15 is 0 Å². The summed E-state index contributed by atoms with van der Waals surface area (Å²) in [5, 5.41) is 13.8. The van der Waals surface area contributed by atoms with E-state index < -0.39 is 5.97 Å². The first-order valence-electron chi connectivity index (χ1n) is 7.20. The number of aliphatic carboxylic acids is 1. The van der Waals surface area contributed by atoms with Crippen molar-refractivity contribution in [2.45, 2.75) is 25.2 Å². The summed E-state index contributed by atoms with van der Waals surface area (Å²) in [6.07, 6.45) is 14.1. The number of thiazole rings is 1. The zero-order valence-corrected chi connectivity index (χ0v) is 13.1. The van der Waals surface area contributed by atoms with E-state index in [0.717, 1.165) is 21.7 Å². The molecule has 114 valence electrons. The lowest BCUT2D eigenvalue weighted by Gasteiger charge is -2.25. The standard InChI is InChI=1S/C16H17N3O2S/c1-19-14(13(10-18-19)11-3-2-4-11)6-7-15-17-9-12(22-15)5-8-16(20)21/h5-11H,2-4H2,1H3,(H,20,21). The van der Waals surface area contributed by atoms with Gasteiger partial charge in [-0.25, -0.2) is 9.78 Å². The smallest absolute Gasteiger partial charge is 0.328 e. The van der Waals surface area contributed by atoms with E-state index in [1.807, 2.05) is 30.1 Å². The molecule has 0 aromatic carbocycles. The van der Waals surface area contributed by atoms with Crippen LogP contribution in [0.25, 0.3) is 18.2 Å². The Morgan fingerprint density at radius 3 is 2.86 bits per heavy atom. The summed E-state index contributed by atoms with van der Waals surface area (Å²) < 4.78 is 1.89. The Labute approximate surface area is 132 Å². The van der Waals surface area contributed by atoms with Crippen molar-refractivity contribution >= 4 is 35.5 Å². The first-order chi connectivity index (χ1) is 10.6. The number of carboxylic acids is 1. The molecule has 22 heavy (non-hydrogen) atoms. The maximum atomic E-state index is 10.5. The van der Waals surface area contributed by atoms with Gasteiger partial charge in [0.25, 0.3) is 0 Å². The van der Waals surface area contributed by atoms with Crippen LogP contribution in [0.5, 0.6) is 0 Å². The molecule has 1 N–H and O–H groups in total. The quantitative estimate of drug-likeness (QED) is 0.859. The summed E-state index contributed by atoms with van der Waals surface area (Å²) in [5.74, 6) is -0.316. The van der Waals surface area contributed by atoms with E-state index in [2.05, 4.69) is 10.1 Å². The minimum absolute atomic E-state index is 0.638. The Morgan fingerprint density at radius 1 is 1.36 bits per heavy atom. The van der Waals surface area contributed by atoms with Crippen LogP contribution in [0.2, 0.25) is 0 Å². The molecule has 1 fully saturated rings. The van der Waals surface area contributed by atoms with Gasteiger partial charge in [-0.15, -0.1) is 11.3 Å². The van der Waals surface area contributed by atoms with Gasteiger partial charge in [-0.3, -0.25) is 4.68 Å². The molecule has 6 heteroatoms. The fourth-order valence-corrected chi connectivity index (χ4v) is 3.18. The van der Waals surface area contributed by atoms with Crippen LogP contribution in [0.15, 0.2) is 18.5 Å². The van der Waals surface area contributed by atoms with Gasteiger partial charge in [-0.1, -0.05) is 6.42 Å². The third-order valence-electron chi connectivity index (χ3n) is 3.87. The number of aromatic nitrogens is 3. The first kappa shape index (κ1) is 14.7. The van der Waals surface area contributed by atoms with Crippen LogP contribution in [-0.4, -0.2) is 25.8 Å². The number of carboxylic acid groups (broad SMARTS) is 1. The van der Waals surface area contributed by atoms with Crippen LogP contribution in [0.3, 0.4) is 0 Å². The Morgan fingerprint density at radius 2 is 2.18 bits per heavy atom. The van der Waals surface area contributed by atoms with Crippen LogP contribution in [0.4, 0.5) is 0 Å². The topological polar surface area (TPSA) is 68.0 Å². The fourth-order valence-electron chi connectivity index (χ4n) is 2.46. The second-order valence-electron chi connectivity index (χ2n) is 5.34. The zero-order chi connectivity index (χ0) is 15.5. The number of hydrogen-bond donors (Lipinski definition) is 1. The Balaban J connectivity index is 1.77. The van der Waals surface area contributed by atoms with Gasteiger partial charge in [0, 0.05) is 29.8 Å². The number of hydrogen-bond acceptors (Lipinski definition) is 4. The molecule has 0 unspecified atom stereocenters. The number of rotatable bonds is 5. The van der Waals surface area contributed by atoms with Gasteiger partial charge in [-0.2, -0.15) is 5.10 Å². The Bertz CT molecular complexity index is 738. The first-order valence-corrected chi connectivity index (χ1v) is 8.02. The van der Waals surface area contributed by atoms with Crippen LogP contribution in [0.1, 0.15) is 46.3 Å². The number of carbonyl (C=O) groups is 1. The number of nitrogens with zero attached hydrogens (tertiary/aromatic N) is 3. The lowest BCUT2D eigenvalue weighted by molar-refractivity contribution is -0.131. The highest BCUT2D eigenvalue weighted by atomic mass is 32.1. The molecule has 2 aromatic rings. The summed E-state index contributed by atoms with van der Waals surface area (Å²) in [4.78, 5) is 15.6. The largest absolute Gasteiger partial charge is 0.478 e. The fraction of sp³-hybridized carbons (Fsp3) is 0.312. The van der Waals surface area contributed by atoms with Gasteiger partial charge < -0.3 is 5.11 Å². The molecule has 1 saturated carbocycles. The van der Waals surface area contributed by atoms with Gasteiger partial charge in [-0.05, 0) is 37.0 Å². The molecular weight excluding hydrogens is 298 g/mol. The maximum Gasteiger partial charge on any atom is 0.328 e. The molecule has 5 nitrogen and oxygen atoms in total. The van der Waals surface area contributed by atoms with Gasteiger partial charge in [0.05, 0.1) is 11.9 Å². The lowest BCUT2D eigenvalue weighted by Crippen LogP contribution is -2.09. The Hall–Kier alpha value is -2.21. The van der Waals surface area contributed by atoms with Crippen LogP contribution < -0.4 is 0 Å². The normalized spacial score (nSPS) is 15.7. The molecule has 0 spiro atoms. The molecule has 2 heterocycles. The van der Waals surface area contributed by atoms with E-state index in [1.165, 1.54) is 36.2 Å². The van der Waals surface area contributed by atoms with Crippen molar-refractivity contribution < 1.29 is 9.90 Å². The summed E-state index contributed by atoms with van der Waals surface area (Å²) in [7, 11) is 1.95. The van der Waals surface area contributed by atoms with Gasteiger partial charge in [0.15, 0.2) is 0 Å². The second kappa shape index (κ2) is 6.27. The molecular formula is C16H17N3O2S. The third kappa shape index (κ3) is 3.17. The van der Waals surface area contributed by atoms with Crippen molar-refractivity contribution in [2.24, 2.45) is 7.05 Å². The summed E-state index contributed by atoms with van der Waals surface area (Å²) in [6.45, 7) is 0. The molecule has 0 radical (unpaired) electrons. The van der Waals surface area contributed by atoms with Crippen molar-refractivity contribution in [1.82, 2.24) is 14.8 Å². The van der Waals surface area contributed by atoms with E-state index in [9.17, 15) is 4.79 Å². The predicted octanol–water partition coefficient (Wildman–Crippen LogP) is 3.41. The minimum Gasteiger partial charge on any atom is -0.478 e. The summed E-state index contributed by atoms with van der Waals surface area (Å²) in [5.41, 5.74) is 2.44. The zero-order valence-electron chi connectivity index (χ0n) is 12.3. The van der Waals surface area contributed by atoms with Crippen molar-refractivity contribution in [3.8, 4) is 0 Å². The average molecular weight is 315 g/mol. The summed E-state index contributed by atoms with van der Waals surface area (Å²) >= 11 is 1.46. The highest BCUT2D eigenvalue weighted by Crippen LogP contribution is 2.38. The highest BCUT2D eigenvalue weighted by Gasteiger charge is 2.23. The molecule has 0 atom stereocenters. The second-order valence-corrected chi connectivity index (χ2v) is 6.44. The van der Waals surface area contributed by atoms with E-state index in [1.54, 1.807) is 12.3 Å². The van der Waals surface area contributed by atoms with Crippen LogP contribution in [0, 0.1) is 0 Å². The molecule has 0 amide bonds. The van der Waals surface area contributed by atoms with Crippen LogP contribution in [-0.2, 0) is 11.8 Å². The molecule has 3 rings (SSSR count). The van der Waals surface area contributed by atoms with Crippen molar-refractivity contribution in [2.75, 3.05) is 0 Å². The monoisotopic (exact) mass is 315 g/mol. The van der Waals surface area contributed by atoms with Crippen molar-refractivity contribution in [3.05, 3.63) is 39.6 Å². The average Bonchev–Trinajstić information content (AvgIpc) is 3.00. The molecule has 0 bridgehead atoms. The van der Waals surface area contributed by atoms with Gasteiger partial charge >= 0.3 is 5.97 Å². The molecule has 0 saturated heterocycles. The Kier molecular flexibility index (Phi) is 4.20. The predicted molar refractivity (Wildman–Crippen MR) is 87.5 cm³/mol. The third-order valence-corrected chi connectivity index (χ3v) is 4.80. The van der Waals surface area contributed by atoms with E-state index in [4.69, 9.17) is 5.11 Å². The molecule has 0 aliphatic heterocycles. The molecule has 1 aliphatic rings. The molecule has 2 aromatic heterocycles. The van der Waals surface area contributed by atoms with E-state index in [-0.39, 0.29) is 0 Å². The maximum absolute atomic E-state index is 10.5. The van der Waals surface area contributed by atoms with Gasteiger partial charge in [0.1, 0.15) is 5.01 Å². The van der Waals surface area contributed by atoms with Crippen LogP contribution >= 0.6 is 11.3 Å². The SMILES string of the molecule is Cn1ncc(C2CCC2)c1C=Cc1ncc(C=CC(=O)O)s1. The van der Waals surface area contributed by atoms with E-state index in [0.29, 0.717) is 5.92 Å².